The van der Waals surface area contributed by atoms with Crippen molar-refractivity contribution in [3.63, 3.8) is 0 Å². The normalized spacial score (nSPS) is 24.4. The third kappa shape index (κ3) is 2.63. The van der Waals surface area contributed by atoms with Crippen molar-refractivity contribution in [2.24, 2.45) is 11.3 Å². The second-order valence-corrected chi connectivity index (χ2v) is 5.37. The van der Waals surface area contributed by atoms with Crippen LogP contribution in [0, 0.1) is 11.3 Å². The minimum absolute atomic E-state index is 0.0431. The number of piperidine rings is 1. The Balaban J connectivity index is 1.94. The Morgan fingerprint density at radius 2 is 1.89 bits per heavy atom. The molecule has 2 fully saturated rings. The molecule has 1 aliphatic carbocycles. The summed E-state index contributed by atoms with van der Waals surface area (Å²) in [5, 5.41) is 5.45. The number of amides is 1. The summed E-state index contributed by atoms with van der Waals surface area (Å²) in [5.41, 5.74) is -1.74. The van der Waals surface area contributed by atoms with Crippen LogP contribution in [0.1, 0.15) is 32.1 Å². The van der Waals surface area contributed by atoms with Gasteiger partial charge in [0.2, 0.25) is 5.91 Å². The second-order valence-electron chi connectivity index (χ2n) is 5.37. The van der Waals surface area contributed by atoms with Crippen LogP contribution in [0.2, 0.25) is 0 Å². The first-order chi connectivity index (χ1) is 8.45. The van der Waals surface area contributed by atoms with Gasteiger partial charge in [-0.15, -0.1) is 0 Å². The average Bonchev–Trinajstić information content (AvgIpc) is 2.24. The largest absolute Gasteiger partial charge is 0.396 e. The van der Waals surface area contributed by atoms with E-state index in [0.29, 0.717) is 13.1 Å². The molecule has 1 amide bonds. The van der Waals surface area contributed by atoms with Crippen LogP contribution >= 0.6 is 0 Å². The van der Waals surface area contributed by atoms with Gasteiger partial charge in [-0.3, -0.25) is 4.79 Å². The summed E-state index contributed by atoms with van der Waals surface area (Å²) in [6, 6.07) is 0. The number of alkyl halides is 3. The van der Waals surface area contributed by atoms with Gasteiger partial charge in [-0.05, 0) is 38.8 Å². The fourth-order valence-corrected chi connectivity index (χ4v) is 2.54. The molecule has 0 spiro atoms. The second kappa shape index (κ2) is 5.07. The molecule has 0 aromatic heterocycles. The van der Waals surface area contributed by atoms with Crippen molar-refractivity contribution in [2.45, 2.75) is 38.3 Å². The van der Waals surface area contributed by atoms with Crippen LogP contribution in [0.15, 0.2) is 0 Å². The van der Waals surface area contributed by atoms with E-state index in [-0.39, 0.29) is 31.2 Å². The zero-order chi connectivity index (χ0) is 13.2. The molecule has 18 heavy (non-hydrogen) atoms. The smallest absolute Gasteiger partial charge is 0.355 e. The molecule has 104 valence electrons. The molecule has 1 saturated carbocycles. The molecule has 0 atom stereocenters. The Morgan fingerprint density at radius 3 is 2.33 bits per heavy atom. The van der Waals surface area contributed by atoms with Crippen molar-refractivity contribution in [2.75, 3.05) is 19.6 Å². The Hall–Kier alpha value is -0.780. The number of carbonyl (C=O) groups is 1. The van der Waals surface area contributed by atoms with Gasteiger partial charge in [0.1, 0.15) is 0 Å². The highest BCUT2D eigenvalue weighted by Gasteiger charge is 2.54. The van der Waals surface area contributed by atoms with Crippen LogP contribution < -0.4 is 10.6 Å². The van der Waals surface area contributed by atoms with E-state index in [0.717, 1.165) is 19.3 Å². The predicted molar refractivity (Wildman–Crippen MR) is 60.9 cm³/mol. The van der Waals surface area contributed by atoms with Gasteiger partial charge < -0.3 is 10.6 Å². The lowest BCUT2D eigenvalue weighted by molar-refractivity contribution is -0.230. The monoisotopic (exact) mass is 264 g/mol. The molecule has 1 saturated heterocycles. The lowest BCUT2D eigenvalue weighted by atomic mass is 9.77. The highest BCUT2D eigenvalue weighted by Crippen LogP contribution is 2.44. The number of hydrogen-bond acceptors (Lipinski definition) is 2. The summed E-state index contributed by atoms with van der Waals surface area (Å²) in [6.45, 7) is 0.450. The maximum absolute atomic E-state index is 13.2. The van der Waals surface area contributed by atoms with Gasteiger partial charge in [0.15, 0.2) is 0 Å². The molecule has 2 N–H and O–H groups in total. The van der Waals surface area contributed by atoms with E-state index in [4.69, 9.17) is 0 Å². The minimum Gasteiger partial charge on any atom is -0.355 e. The van der Waals surface area contributed by atoms with E-state index >= 15 is 0 Å². The highest BCUT2D eigenvalue weighted by atomic mass is 19.4. The van der Waals surface area contributed by atoms with Gasteiger partial charge in [0.05, 0.1) is 5.41 Å². The molecule has 3 nitrogen and oxygen atoms in total. The molecule has 2 rings (SSSR count). The quantitative estimate of drug-likeness (QED) is 0.816. The zero-order valence-electron chi connectivity index (χ0n) is 10.3. The predicted octanol–water partition coefficient (Wildman–Crippen LogP) is 1.83. The molecule has 1 aliphatic heterocycles. The Morgan fingerprint density at radius 1 is 1.28 bits per heavy atom. The van der Waals surface area contributed by atoms with Crippen LogP contribution in [0.4, 0.5) is 13.2 Å². The number of nitrogens with one attached hydrogen (secondary N) is 2. The Kier molecular flexibility index (Phi) is 3.84. The summed E-state index contributed by atoms with van der Waals surface area (Å²) in [7, 11) is 0. The average molecular weight is 264 g/mol. The van der Waals surface area contributed by atoms with Crippen LogP contribution in [0.25, 0.3) is 0 Å². The molecule has 1 heterocycles. The summed E-state index contributed by atoms with van der Waals surface area (Å²) in [5.74, 6) is -0.264. The van der Waals surface area contributed by atoms with Gasteiger partial charge in [-0.1, -0.05) is 6.42 Å². The van der Waals surface area contributed by atoms with E-state index in [1.165, 1.54) is 0 Å². The first-order valence-corrected chi connectivity index (χ1v) is 6.50. The fraction of sp³-hybridized carbons (Fsp3) is 0.917. The number of carbonyl (C=O) groups excluding carboxylic acids is 1. The van der Waals surface area contributed by atoms with Gasteiger partial charge >= 0.3 is 6.18 Å². The van der Waals surface area contributed by atoms with E-state index in [9.17, 15) is 18.0 Å². The molecule has 0 aromatic rings. The van der Waals surface area contributed by atoms with E-state index in [1.807, 2.05) is 0 Å². The number of hydrogen-bond donors (Lipinski definition) is 2. The van der Waals surface area contributed by atoms with Crippen molar-refractivity contribution in [1.29, 1.82) is 0 Å². The van der Waals surface area contributed by atoms with Gasteiger partial charge in [0.25, 0.3) is 0 Å². The van der Waals surface area contributed by atoms with Crippen molar-refractivity contribution in [3.8, 4) is 0 Å². The molecular formula is C12H19F3N2O. The summed E-state index contributed by atoms with van der Waals surface area (Å²) >= 11 is 0. The highest BCUT2D eigenvalue weighted by molar-refractivity contribution is 5.79. The molecular weight excluding hydrogens is 245 g/mol. The molecule has 0 radical (unpaired) electrons. The van der Waals surface area contributed by atoms with Crippen LogP contribution in [-0.2, 0) is 4.79 Å². The number of rotatable bonds is 3. The SMILES string of the molecule is O=C(NCC1(C(F)(F)F)CCNCC1)C1CCC1. The topological polar surface area (TPSA) is 41.1 Å². The maximum atomic E-state index is 13.2. The Labute approximate surface area is 104 Å². The van der Waals surface area contributed by atoms with Gasteiger partial charge in [0, 0.05) is 12.5 Å². The lowest BCUT2D eigenvalue weighted by Gasteiger charge is -2.39. The minimum atomic E-state index is -4.25. The fourth-order valence-electron chi connectivity index (χ4n) is 2.54. The summed E-state index contributed by atoms with van der Waals surface area (Å²) in [6.07, 6.45) is -1.53. The molecule has 2 aliphatic rings. The summed E-state index contributed by atoms with van der Waals surface area (Å²) < 4.78 is 39.5. The third-order valence-electron chi connectivity index (χ3n) is 4.24. The molecule has 0 aromatic carbocycles. The van der Waals surface area contributed by atoms with E-state index in [1.54, 1.807) is 0 Å². The van der Waals surface area contributed by atoms with E-state index in [2.05, 4.69) is 10.6 Å². The molecule has 0 bridgehead atoms. The van der Waals surface area contributed by atoms with Crippen LogP contribution in [-0.4, -0.2) is 31.7 Å². The van der Waals surface area contributed by atoms with Crippen molar-refractivity contribution >= 4 is 5.91 Å². The molecule has 0 unspecified atom stereocenters. The van der Waals surface area contributed by atoms with Crippen molar-refractivity contribution < 1.29 is 18.0 Å². The first kappa shape index (κ1) is 13.6. The van der Waals surface area contributed by atoms with Crippen molar-refractivity contribution in [1.82, 2.24) is 10.6 Å². The van der Waals surface area contributed by atoms with E-state index < -0.39 is 11.6 Å². The maximum Gasteiger partial charge on any atom is 0.396 e. The molecule has 6 heteroatoms. The number of halogens is 3. The zero-order valence-corrected chi connectivity index (χ0v) is 10.3. The standard InChI is InChI=1S/C12H19F3N2O/c13-12(14,15)11(4-6-16-7-5-11)8-17-10(18)9-2-1-3-9/h9,16H,1-8H2,(H,17,18). The lowest BCUT2D eigenvalue weighted by Crippen LogP contribution is -2.53. The van der Waals surface area contributed by atoms with Gasteiger partial charge in [-0.25, -0.2) is 0 Å². The Bertz CT molecular complexity index is 307. The third-order valence-corrected chi connectivity index (χ3v) is 4.24. The van der Waals surface area contributed by atoms with Crippen molar-refractivity contribution in [3.05, 3.63) is 0 Å². The first-order valence-electron chi connectivity index (χ1n) is 6.50. The summed E-state index contributed by atoms with van der Waals surface area (Å²) in [4.78, 5) is 11.6. The van der Waals surface area contributed by atoms with Crippen LogP contribution in [0.5, 0.6) is 0 Å². The van der Waals surface area contributed by atoms with Crippen LogP contribution in [0.3, 0.4) is 0 Å². The van der Waals surface area contributed by atoms with Gasteiger partial charge in [-0.2, -0.15) is 13.2 Å².